The third-order valence-corrected chi connectivity index (χ3v) is 3.76. The molecule has 1 aliphatic heterocycles. The Morgan fingerprint density at radius 3 is 2.62 bits per heavy atom. The van der Waals surface area contributed by atoms with Gasteiger partial charge in [-0.05, 0) is 43.3 Å². The van der Waals surface area contributed by atoms with Crippen molar-refractivity contribution >= 4 is 29.3 Å². The second kappa shape index (κ2) is 5.83. The SMILES string of the molecule is CC1=NNC(=O)C1=Cc1ccc(-c2cc(C(F)(F)F)ccc2Cl)o1. The number of hydrogen-bond donors (Lipinski definition) is 1. The molecule has 124 valence electrons. The summed E-state index contributed by atoms with van der Waals surface area (Å²) in [7, 11) is 0. The van der Waals surface area contributed by atoms with Crippen LogP contribution in [0.4, 0.5) is 13.2 Å². The minimum absolute atomic E-state index is 0.123. The molecule has 1 aliphatic rings. The number of nitrogens with one attached hydrogen (secondary N) is 1. The van der Waals surface area contributed by atoms with Crippen LogP contribution in [0.3, 0.4) is 0 Å². The number of alkyl halides is 3. The molecule has 8 heteroatoms. The van der Waals surface area contributed by atoms with Crippen molar-refractivity contribution in [3.05, 3.63) is 52.3 Å². The van der Waals surface area contributed by atoms with Crippen LogP contribution < -0.4 is 5.43 Å². The van der Waals surface area contributed by atoms with E-state index in [1.165, 1.54) is 24.3 Å². The maximum Gasteiger partial charge on any atom is 0.416 e. The van der Waals surface area contributed by atoms with Crippen molar-refractivity contribution in [3.8, 4) is 11.3 Å². The number of benzene rings is 1. The lowest BCUT2D eigenvalue weighted by atomic mass is 10.1. The Bertz CT molecular complexity index is 882. The van der Waals surface area contributed by atoms with E-state index in [-0.39, 0.29) is 22.3 Å². The summed E-state index contributed by atoms with van der Waals surface area (Å²) < 4.78 is 44.0. The molecule has 0 aliphatic carbocycles. The standard InChI is InChI=1S/C16H10ClF3N2O2/c1-8-11(15(23)22-21-8)7-10-3-5-14(24-10)12-6-9(16(18,19)20)2-4-13(12)17/h2-7H,1H3,(H,22,23). The summed E-state index contributed by atoms with van der Waals surface area (Å²) in [6, 6.07) is 6.03. The Balaban J connectivity index is 1.98. The van der Waals surface area contributed by atoms with Crippen LogP contribution in [0.15, 0.2) is 45.4 Å². The summed E-state index contributed by atoms with van der Waals surface area (Å²) in [6.07, 6.45) is -3.02. The van der Waals surface area contributed by atoms with Crippen LogP contribution in [-0.2, 0) is 11.0 Å². The van der Waals surface area contributed by atoms with Gasteiger partial charge in [-0.3, -0.25) is 4.79 Å². The third kappa shape index (κ3) is 3.07. The van der Waals surface area contributed by atoms with Crippen molar-refractivity contribution in [1.82, 2.24) is 5.43 Å². The quantitative estimate of drug-likeness (QED) is 0.807. The van der Waals surface area contributed by atoms with E-state index in [1.807, 2.05) is 0 Å². The van der Waals surface area contributed by atoms with Crippen LogP contribution in [0, 0.1) is 0 Å². The zero-order valence-corrected chi connectivity index (χ0v) is 13.0. The molecule has 2 aromatic rings. The highest BCUT2D eigenvalue weighted by atomic mass is 35.5. The van der Waals surface area contributed by atoms with E-state index in [9.17, 15) is 18.0 Å². The molecule has 0 radical (unpaired) electrons. The molecule has 1 N–H and O–H groups in total. The number of carbonyl (C=O) groups is 1. The summed E-state index contributed by atoms with van der Waals surface area (Å²) in [6.45, 7) is 1.65. The van der Waals surface area contributed by atoms with Crippen LogP contribution in [0.1, 0.15) is 18.2 Å². The highest BCUT2D eigenvalue weighted by Crippen LogP contribution is 2.36. The van der Waals surface area contributed by atoms with Gasteiger partial charge >= 0.3 is 6.18 Å². The number of rotatable bonds is 2. The first-order valence-corrected chi connectivity index (χ1v) is 7.17. The maximum atomic E-state index is 12.8. The van der Waals surface area contributed by atoms with Crippen LogP contribution >= 0.6 is 11.6 Å². The van der Waals surface area contributed by atoms with Gasteiger partial charge in [0.05, 0.1) is 21.9 Å². The van der Waals surface area contributed by atoms with Crippen LogP contribution in [0.5, 0.6) is 0 Å². The molecule has 0 atom stereocenters. The lowest BCUT2D eigenvalue weighted by Crippen LogP contribution is -2.12. The van der Waals surface area contributed by atoms with E-state index in [1.54, 1.807) is 6.92 Å². The second-order valence-electron chi connectivity index (χ2n) is 5.09. The molecule has 0 saturated heterocycles. The van der Waals surface area contributed by atoms with Gasteiger partial charge in [0, 0.05) is 5.56 Å². The van der Waals surface area contributed by atoms with Gasteiger partial charge in [0.25, 0.3) is 5.91 Å². The van der Waals surface area contributed by atoms with Crippen molar-refractivity contribution in [1.29, 1.82) is 0 Å². The number of amides is 1. The fraction of sp³-hybridized carbons (Fsp3) is 0.125. The predicted molar refractivity (Wildman–Crippen MR) is 83.4 cm³/mol. The summed E-state index contributed by atoms with van der Waals surface area (Å²) in [5.74, 6) is 0.105. The van der Waals surface area contributed by atoms with Gasteiger partial charge in [0.1, 0.15) is 11.5 Å². The average molecular weight is 355 g/mol. The van der Waals surface area contributed by atoms with Gasteiger partial charge in [-0.25, -0.2) is 5.43 Å². The Morgan fingerprint density at radius 1 is 1.25 bits per heavy atom. The largest absolute Gasteiger partial charge is 0.457 e. The zero-order valence-electron chi connectivity index (χ0n) is 12.2. The smallest absolute Gasteiger partial charge is 0.416 e. The number of furan rings is 1. The Labute approximate surface area is 139 Å². The minimum Gasteiger partial charge on any atom is -0.457 e. The number of hydrazone groups is 1. The van der Waals surface area contributed by atoms with E-state index in [0.717, 1.165) is 12.1 Å². The fourth-order valence-electron chi connectivity index (χ4n) is 2.20. The molecule has 0 unspecified atom stereocenters. The molecule has 24 heavy (non-hydrogen) atoms. The second-order valence-corrected chi connectivity index (χ2v) is 5.50. The predicted octanol–water partition coefficient (Wildman–Crippen LogP) is 4.51. The lowest BCUT2D eigenvalue weighted by Gasteiger charge is -2.09. The van der Waals surface area contributed by atoms with Gasteiger partial charge < -0.3 is 4.42 Å². The van der Waals surface area contributed by atoms with E-state index >= 15 is 0 Å². The van der Waals surface area contributed by atoms with Crippen molar-refractivity contribution < 1.29 is 22.4 Å². The highest BCUT2D eigenvalue weighted by molar-refractivity contribution is 6.33. The molecular weight excluding hydrogens is 345 g/mol. The Kier molecular flexibility index (Phi) is 3.96. The van der Waals surface area contributed by atoms with Crippen molar-refractivity contribution in [2.75, 3.05) is 0 Å². The molecule has 0 saturated carbocycles. The fourth-order valence-corrected chi connectivity index (χ4v) is 2.41. The van der Waals surface area contributed by atoms with Crippen LogP contribution in [0.2, 0.25) is 5.02 Å². The van der Waals surface area contributed by atoms with Crippen molar-refractivity contribution in [3.63, 3.8) is 0 Å². The molecule has 2 heterocycles. The van der Waals surface area contributed by atoms with Gasteiger partial charge in [0.15, 0.2) is 0 Å². The summed E-state index contributed by atoms with van der Waals surface area (Å²) in [5, 5.41) is 3.91. The topological polar surface area (TPSA) is 54.6 Å². The summed E-state index contributed by atoms with van der Waals surface area (Å²) in [4.78, 5) is 11.6. The molecule has 3 rings (SSSR count). The van der Waals surface area contributed by atoms with Gasteiger partial charge in [0.2, 0.25) is 0 Å². The van der Waals surface area contributed by atoms with Crippen molar-refractivity contribution in [2.24, 2.45) is 5.10 Å². The molecule has 1 aromatic carbocycles. The number of hydrogen-bond acceptors (Lipinski definition) is 3. The number of nitrogens with zero attached hydrogens (tertiary/aromatic N) is 1. The Hall–Kier alpha value is -2.54. The summed E-state index contributed by atoms with van der Waals surface area (Å²) in [5.41, 5.74) is 2.42. The first kappa shape index (κ1) is 16.3. The molecular formula is C16H10ClF3N2O2. The van der Waals surface area contributed by atoms with Gasteiger partial charge in [-0.15, -0.1) is 0 Å². The lowest BCUT2D eigenvalue weighted by molar-refractivity contribution is -0.137. The first-order valence-electron chi connectivity index (χ1n) is 6.79. The molecule has 4 nitrogen and oxygen atoms in total. The van der Waals surface area contributed by atoms with E-state index in [4.69, 9.17) is 16.0 Å². The van der Waals surface area contributed by atoms with E-state index < -0.39 is 11.7 Å². The highest BCUT2D eigenvalue weighted by Gasteiger charge is 2.31. The van der Waals surface area contributed by atoms with Crippen LogP contribution in [-0.4, -0.2) is 11.6 Å². The van der Waals surface area contributed by atoms with E-state index in [2.05, 4.69) is 10.5 Å². The maximum absolute atomic E-state index is 12.8. The third-order valence-electron chi connectivity index (χ3n) is 3.43. The molecule has 1 amide bonds. The van der Waals surface area contributed by atoms with E-state index in [0.29, 0.717) is 17.0 Å². The minimum atomic E-state index is -4.48. The number of carbonyl (C=O) groups excluding carboxylic acids is 1. The molecule has 0 bridgehead atoms. The molecule has 1 aromatic heterocycles. The Morgan fingerprint density at radius 2 is 2.00 bits per heavy atom. The van der Waals surface area contributed by atoms with Crippen molar-refractivity contribution in [2.45, 2.75) is 13.1 Å². The molecule has 0 fully saturated rings. The summed E-state index contributed by atoms with van der Waals surface area (Å²) >= 11 is 5.98. The van der Waals surface area contributed by atoms with Gasteiger partial charge in [-0.2, -0.15) is 18.3 Å². The monoisotopic (exact) mass is 354 g/mol. The number of halogens is 4. The zero-order chi connectivity index (χ0) is 17.5. The van der Waals surface area contributed by atoms with Crippen LogP contribution in [0.25, 0.3) is 17.4 Å². The molecule has 0 spiro atoms. The first-order chi connectivity index (χ1) is 11.3. The van der Waals surface area contributed by atoms with Gasteiger partial charge in [-0.1, -0.05) is 11.6 Å². The average Bonchev–Trinajstić information content (AvgIpc) is 3.09. The normalized spacial score (nSPS) is 16.5.